The van der Waals surface area contributed by atoms with Gasteiger partial charge in [0.25, 0.3) is 6.43 Å². The van der Waals surface area contributed by atoms with E-state index in [2.05, 4.69) is 24.2 Å². The van der Waals surface area contributed by atoms with Crippen molar-refractivity contribution in [1.82, 2.24) is 15.0 Å². The van der Waals surface area contributed by atoms with Gasteiger partial charge in [0, 0.05) is 0 Å². The van der Waals surface area contributed by atoms with Crippen molar-refractivity contribution >= 4 is 5.97 Å². The summed E-state index contributed by atoms with van der Waals surface area (Å²) < 4.78 is 26.9. The van der Waals surface area contributed by atoms with Crippen molar-refractivity contribution in [2.24, 2.45) is 0 Å². The Morgan fingerprint density at radius 1 is 1.29 bits per heavy atom. The van der Waals surface area contributed by atoms with Crippen LogP contribution in [-0.2, 0) is 6.54 Å². The van der Waals surface area contributed by atoms with Crippen LogP contribution in [0, 0.1) is 0 Å². The fourth-order valence-electron chi connectivity index (χ4n) is 1.99. The third-order valence-corrected chi connectivity index (χ3v) is 3.16. The Hall–Kier alpha value is -2.31. The molecule has 0 spiro atoms. The molecule has 1 aromatic heterocycles. The Balaban J connectivity index is 2.29. The van der Waals surface area contributed by atoms with Gasteiger partial charge in [0.2, 0.25) is 0 Å². The molecule has 1 heterocycles. The van der Waals surface area contributed by atoms with Crippen LogP contribution in [-0.4, -0.2) is 26.1 Å². The smallest absolute Gasteiger partial charge is 0.358 e. The molecule has 21 heavy (non-hydrogen) atoms. The zero-order valence-electron chi connectivity index (χ0n) is 11.6. The lowest BCUT2D eigenvalue weighted by Gasteiger charge is -2.09. The van der Waals surface area contributed by atoms with Crippen molar-refractivity contribution in [3.63, 3.8) is 0 Å². The summed E-state index contributed by atoms with van der Waals surface area (Å²) in [5, 5.41) is 15.7. The molecule has 0 saturated heterocycles. The Morgan fingerprint density at radius 3 is 2.38 bits per heavy atom. The van der Waals surface area contributed by atoms with Crippen LogP contribution in [0.25, 0.3) is 0 Å². The first-order chi connectivity index (χ1) is 9.90. The second kappa shape index (κ2) is 5.99. The summed E-state index contributed by atoms with van der Waals surface area (Å²) in [7, 11) is 0. The normalized spacial score (nSPS) is 11.3. The van der Waals surface area contributed by atoms with Crippen LogP contribution in [0.2, 0.25) is 0 Å². The van der Waals surface area contributed by atoms with Crippen LogP contribution < -0.4 is 0 Å². The molecule has 1 aromatic carbocycles. The zero-order valence-corrected chi connectivity index (χ0v) is 11.6. The van der Waals surface area contributed by atoms with Gasteiger partial charge in [-0.25, -0.2) is 18.3 Å². The van der Waals surface area contributed by atoms with Crippen molar-refractivity contribution in [3.8, 4) is 0 Å². The standard InChI is InChI=1S/C14H15F2N3O2/c1-8(2)10-5-3-9(4-6-10)7-19-12(13(15)16)11(14(20)21)17-18-19/h3-6,8,13H,7H2,1-2H3,(H,20,21). The lowest BCUT2D eigenvalue weighted by Crippen LogP contribution is -2.10. The van der Waals surface area contributed by atoms with Gasteiger partial charge in [-0.1, -0.05) is 43.3 Å². The molecular formula is C14H15F2N3O2. The van der Waals surface area contributed by atoms with Crippen LogP contribution in [0.5, 0.6) is 0 Å². The predicted molar refractivity (Wildman–Crippen MR) is 71.6 cm³/mol. The van der Waals surface area contributed by atoms with Crippen LogP contribution in [0.15, 0.2) is 24.3 Å². The maximum Gasteiger partial charge on any atom is 0.358 e. The number of rotatable bonds is 5. The minimum atomic E-state index is -2.94. The van der Waals surface area contributed by atoms with Crippen LogP contribution in [0.4, 0.5) is 8.78 Å². The Kier molecular flexibility index (Phi) is 4.30. The largest absolute Gasteiger partial charge is 0.476 e. The maximum absolute atomic E-state index is 13.0. The lowest BCUT2D eigenvalue weighted by molar-refractivity contribution is 0.0675. The number of halogens is 2. The molecule has 0 atom stereocenters. The van der Waals surface area contributed by atoms with E-state index in [-0.39, 0.29) is 6.54 Å². The number of hydrogen-bond donors (Lipinski definition) is 1. The predicted octanol–water partition coefficient (Wildman–Crippen LogP) is 3.09. The topological polar surface area (TPSA) is 68.0 Å². The highest BCUT2D eigenvalue weighted by Crippen LogP contribution is 2.22. The van der Waals surface area contributed by atoms with Crippen molar-refractivity contribution in [2.45, 2.75) is 32.7 Å². The van der Waals surface area contributed by atoms with Gasteiger partial charge in [-0.2, -0.15) is 0 Å². The molecule has 0 aliphatic carbocycles. The van der Waals surface area contributed by atoms with E-state index in [9.17, 15) is 13.6 Å². The maximum atomic E-state index is 13.0. The molecule has 0 aliphatic heterocycles. The SMILES string of the molecule is CC(C)c1ccc(Cn2nnc(C(=O)O)c2C(F)F)cc1. The fourth-order valence-corrected chi connectivity index (χ4v) is 1.99. The summed E-state index contributed by atoms with van der Waals surface area (Å²) >= 11 is 0. The Labute approximate surface area is 120 Å². The second-order valence-electron chi connectivity index (χ2n) is 4.98. The van der Waals surface area contributed by atoms with E-state index in [1.807, 2.05) is 24.3 Å². The van der Waals surface area contributed by atoms with E-state index in [1.165, 1.54) is 0 Å². The van der Waals surface area contributed by atoms with Gasteiger partial charge < -0.3 is 5.11 Å². The van der Waals surface area contributed by atoms with Gasteiger partial charge in [0.1, 0.15) is 5.69 Å². The van der Waals surface area contributed by atoms with E-state index in [0.717, 1.165) is 15.8 Å². The molecule has 0 saturated carbocycles. The average Bonchev–Trinajstić information content (AvgIpc) is 2.83. The minimum Gasteiger partial charge on any atom is -0.476 e. The summed E-state index contributed by atoms with van der Waals surface area (Å²) in [6.45, 7) is 4.17. The molecule has 0 unspecified atom stereocenters. The van der Waals surface area contributed by atoms with Crippen molar-refractivity contribution in [1.29, 1.82) is 0 Å². The van der Waals surface area contributed by atoms with Gasteiger partial charge in [-0.15, -0.1) is 5.10 Å². The summed E-state index contributed by atoms with van der Waals surface area (Å²) in [6.07, 6.45) is -2.94. The number of aromatic carboxylic acids is 1. The number of benzene rings is 1. The van der Waals surface area contributed by atoms with E-state index in [0.29, 0.717) is 5.92 Å². The second-order valence-corrected chi connectivity index (χ2v) is 4.98. The number of alkyl halides is 2. The Bertz CT molecular complexity index is 636. The van der Waals surface area contributed by atoms with E-state index >= 15 is 0 Å². The Morgan fingerprint density at radius 2 is 1.90 bits per heavy atom. The number of aromatic nitrogens is 3. The average molecular weight is 295 g/mol. The summed E-state index contributed by atoms with van der Waals surface area (Å²) in [4.78, 5) is 10.9. The highest BCUT2D eigenvalue weighted by atomic mass is 19.3. The monoisotopic (exact) mass is 295 g/mol. The summed E-state index contributed by atoms with van der Waals surface area (Å²) in [6, 6.07) is 7.45. The molecular weight excluding hydrogens is 280 g/mol. The molecule has 0 bridgehead atoms. The third kappa shape index (κ3) is 3.24. The van der Waals surface area contributed by atoms with Crippen LogP contribution in [0.3, 0.4) is 0 Å². The first-order valence-electron chi connectivity index (χ1n) is 6.43. The van der Waals surface area contributed by atoms with Crippen LogP contribution in [0.1, 0.15) is 53.5 Å². The highest BCUT2D eigenvalue weighted by molar-refractivity contribution is 5.86. The van der Waals surface area contributed by atoms with Crippen molar-refractivity contribution in [3.05, 3.63) is 46.8 Å². The molecule has 7 heteroatoms. The molecule has 5 nitrogen and oxygen atoms in total. The van der Waals surface area contributed by atoms with Crippen molar-refractivity contribution in [2.75, 3.05) is 0 Å². The van der Waals surface area contributed by atoms with Crippen molar-refractivity contribution < 1.29 is 18.7 Å². The summed E-state index contributed by atoms with van der Waals surface area (Å²) in [5.41, 5.74) is 0.514. The van der Waals surface area contributed by atoms with E-state index in [1.54, 1.807) is 0 Å². The highest BCUT2D eigenvalue weighted by Gasteiger charge is 2.26. The lowest BCUT2D eigenvalue weighted by atomic mass is 10.0. The molecule has 112 valence electrons. The van der Waals surface area contributed by atoms with E-state index < -0.39 is 23.8 Å². The zero-order chi connectivity index (χ0) is 15.6. The number of carboxylic acid groups (broad SMARTS) is 1. The number of carbonyl (C=O) groups is 1. The molecule has 2 aromatic rings. The number of nitrogens with zero attached hydrogens (tertiary/aromatic N) is 3. The van der Waals surface area contributed by atoms with Gasteiger partial charge in [0.05, 0.1) is 6.54 Å². The molecule has 0 radical (unpaired) electrons. The van der Waals surface area contributed by atoms with E-state index in [4.69, 9.17) is 5.11 Å². The third-order valence-electron chi connectivity index (χ3n) is 3.16. The van der Waals surface area contributed by atoms with Crippen LogP contribution >= 0.6 is 0 Å². The van der Waals surface area contributed by atoms with Gasteiger partial charge in [-0.05, 0) is 17.0 Å². The molecule has 0 amide bonds. The molecule has 0 fully saturated rings. The summed E-state index contributed by atoms with van der Waals surface area (Å²) in [5.74, 6) is -1.13. The molecule has 1 N–H and O–H groups in total. The first-order valence-corrected chi connectivity index (χ1v) is 6.43. The molecule has 2 rings (SSSR count). The molecule has 0 aliphatic rings. The van der Waals surface area contributed by atoms with Gasteiger partial charge >= 0.3 is 5.97 Å². The number of carboxylic acids is 1. The fraction of sp³-hybridized carbons (Fsp3) is 0.357. The minimum absolute atomic E-state index is 0.0539. The first kappa shape index (κ1) is 15.1. The van der Waals surface area contributed by atoms with Gasteiger partial charge in [-0.3, -0.25) is 0 Å². The number of hydrogen-bond acceptors (Lipinski definition) is 3. The quantitative estimate of drug-likeness (QED) is 0.920. The van der Waals surface area contributed by atoms with Gasteiger partial charge in [0.15, 0.2) is 5.69 Å².